The molecule has 1 N–H and O–H groups in total. The van der Waals surface area contributed by atoms with Gasteiger partial charge in [0.25, 0.3) is 5.91 Å². The fraction of sp³-hybridized carbons (Fsp3) is 0.214. The number of benzene rings is 1. The number of esters is 1. The number of carbonyl (C=O) groups is 2. The zero-order valence-corrected chi connectivity index (χ0v) is 12.0. The van der Waals surface area contributed by atoms with E-state index < -0.39 is 12.1 Å². The zero-order chi connectivity index (χ0) is 14.8. The normalized spacial score (nSPS) is 16.0. The minimum Gasteiger partial charge on any atom is -0.480 e. The van der Waals surface area contributed by atoms with Crippen LogP contribution in [0.2, 0.25) is 0 Å². The number of methoxy groups -OCH3 is 1. The molecule has 0 saturated heterocycles. The highest BCUT2D eigenvalue weighted by atomic mass is 32.1. The number of amides is 1. The molecule has 0 aliphatic carbocycles. The van der Waals surface area contributed by atoms with Crippen molar-refractivity contribution in [3.63, 3.8) is 0 Å². The van der Waals surface area contributed by atoms with E-state index >= 15 is 0 Å². The molecule has 21 heavy (non-hydrogen) atoms. The maximum Gasteiger partial charge on any atom is 0.349 e. The molecular formula is C14H12N2O4S. The first-order valence-electron chi connectivity index (χ1n) is 6.27. The van der Waals surface area contributed by atoms with Crippen LogP contribution in [-0.2, 0) is 16.0 Å². The second-order valence-electron chi connectivity index (χ2n) is 4.43. The quantitative estimate of drug-likeness (QED) is 0.876. The molecule has 6 nitrogen and oxygen atoms in total. The SMILES string of the molecule is COC(=O)c1cnc(NC(=O)[C@@H]2Cc3ccccc3O2)s1. The van der Waals surface area contributed by atoms with Crippen molar-refractivity contribution in [3.8, 4) is 5.75 Å². The number of para-hydroxylation sites is 1. The van der Waals surface area contributed by atoms with E-state index in [1.165, 1.54) is 13.3 Å². The van der Waals surface area contributed by atoms with Crippen LogP contribution in [-0.4, -0.2) is 30.1 Å². The van der Waals surface area contributed by atoms with Gasteiger partial charge in [-0.3, -0.25) is 10.1 Å². The number of nitrogens with one attached hydrogen (secondary N) is 1. The van der Waals surface area contributed by atoms with Crippen LogP contribution in [0.4, 0.5) is 5.13 Å². The van der Waals surface area contributed by atoms with Gasteiger partial charge in [-0.1, -0.05) is 29.5 Å². The minimum atomic E-state index is -0.576. The van der Waals surface area contributed by atoms with Crippen LogP contribution < -0.4 is 10.1 Å². The van der Waals surface area contributed by atoms with Crippen molar-refractivity contribution in [1.82, 2.24) is 4.98 Å². The first-order valence-corrected chi connectivity index (χ1v) is 7.08. The van der Waals surface area contributed by atoms with Crippen molar-refractivity contribution in [2.75, 3.05) is 12.4 Å². The van der Waals surface area contributed by atoms with Gasteiger partial charge in [0.2, 0.25) is 0 Å². The highest BCUT2D eigenvalue weighted by molar-refractivity contribution is 7.17. The number of nitrogens with zero attached hydrogens (tertiary/aromatic N) is 1. The largest absolute Gasteiger partial charge is 0.480 e. The monoisotopic (exact) mass is 304 g/mol. The Hall–Kier alpha value is -2.41. The standard InChI is InChI=1S/C14H12N2O4S/c1-19-13(18)11-7-15-14(21-11)16-12(17)10-6-8-4-2-3-5-9(8)20-10/h2-5,7,10H,6H2,1H3,(H,15,16,17)/t10-/m0/s1. The molecule has 0 radical (unpaired) electrons. The van der Waals surface area contributed by atoms with E-state index in [4.69, 9.17) is 4.74 Å². The highest BCUT2D eigenvalue weighted by Crippen LogP contribution is 2.29. The smallest absolute Gasteiger partial charge is 0.349 e. The lowest BCUT2D eigenvalue weighted by Crippen LogP contribution is -2.31. The molecule has 0 spiro atoms. The van der Waals surface area contributed by atoms with E-state index in [1.54, 1.807) is 0 Å². The molecule has 2 heterocycles. The Bertz CT molecular complexity index is 673. The Labute approximate surface area is 124 Å². The summed E-state index contributed by atoms with van der Waals surface area (Å²) in [6, 6.07) is 7.54. The molecule has 0 unspecified atom stereocenters. The fourth-order valence-electron chi connectivity index (χ4n) is 2.04. The molecule has 108 valence electrons. The van der Waals surface area contributed by atoms with Gasteiger partial charge in [0.1, 0.15) is 10.6 Å². The molecule has 1 amide bonds. The molecule has 0 bridgehead atoms. The molecular weight excluding hydrogens is 292 g/mol. The number of fused-ring (bicyclic) bond motifs is 1. The second-order valence-corrected chi connectivity index (χ2v) is 5.46. The van der Waals surface area contributed by atoms with Gasteiger partial charge in [0.05, 0.1) is 13.3 Å². The van der Waals surface area contributed by atoms with Crippen molar-refractivity contribution < 1.29 is 19.1 Å². The first kappa shape index (κ1) is 13.6. The van der Waals surface area contributed by atoms with E-state index in [0.717, 1.165) is 22.6 Å². The number of thiazole rings is 1. The van der Waals surface area contributed by atoms with Gasteiger partial charge in [-0.05, 0) is 11.6 Å². The lowest BCUT2D eigenvalue weighted by molar-refractivity contribution is -0.122. The molecule has 1 aromatic heterocycles. The van der Waals surface area contributed by atoms with Gasteiger partial charge in [0.15, 0.2) is 11.2 Å². The lowest BCUT2D eigenvalue weighted by atomic mass is 10.1. The predicted molar refractivity (Wildman–Crippen MR) is 76.6 cm³/mol. The third kappa shape index (κ3) is 2.73. The minimum absolute atomic E-state index is 0.281. The Morgan fingerprint density at radius 3 is 3.00 bits per heavy atom. The van der Waals surface area contributed by atoms with Crippen LogP contribution in [0, 0.1) is 0 Å². The maximum atomic E-state index is 12.1. The summed E-state index contributed by atoms with van der Waals surface area (Å²) in [6.45, 7) is 0. The molecule has 1 aromatic carbocycles. The number of anilines is 1. The van der Waals surface area contributed by atoms with Crippen molar-refractivity contribution in [2.45, 2.75) is 12.5 Å². The predicted octanol–water partition coefficient (Wildman–Crippen LogP) is 1.87. The van der Waals surface area contributed by atoms with Gasteiger partial charge in [0, 0.05) is 6.42 Å². The maximum absolute atomic E-state index is 12.1. The van der Waals surface area contributed by atoms with Gasteiger partial charge in [-0.15, -0.1) is 0 Å². The third-order valence-corrected chi connectivity index (χ3v) is 3.95. The zero-order valence-electron chi connectivity index (χ0n) is 11.2. The number of aromatic nitrogens is 1. The van der Waals surface area contributed by atoms with Gasteiger partial charge < -0.3 is 9.47 Å². The summed E-state index contributed by atoms with van der Waals surface area (Å²) in [6.07, 6.45) is 1.32. The summed E-state index contributed by atoms with van der Waals surface area (Å²) in [5.41, 5.74) is 1.01. The number of ether oxygens (including phenoxy) is 2. The summed E-state index contributed by atoms with van der Waals surface area (Å²) >= 11 is 1.06. The van der Waals surface area contributed by atoms with E-state index in [2.05, 4.69) is 15.0 Å². The molecule has 1 aliphatic heterocycles. The van der Waals surface area contributed by atoms with E-state index in [0.29, 0.717) is 16.4 Å². The molecule has 2 aromatic rings. The summed E-state index contributed by atoms with van der Waals surface area (Å²) in [4.78, 5) is 27.8. The fourth-order valence-corrected chi connectivity index (χ4v) is 2.78. The number of hydrogen-bond donors (Lipinski definition) is 1. The molecule has 7 heteroatoms. The van der Waals surface area contributed by atoms with Crippen LogP contribution in [0.1, 0.15) is 15.2 Å². The molecule has 3 rings (SSSR count). The van der Waals surface area contributed by atoms with Gasteiger partial charge in [-0.25, -0.2) is 9.78 Å². The molecule has 1 aliphatic rings. The van der Waals surface area contributed by atoms with Crippen LogP contribution >= 0.6 is 11.3 Å². The van der Waals surface area contributed by atoms with E-state index in [9.17, 15) is 9.59 Å². The highest BCUT2D eigenvalue weighted by Gasteiger charge is 2.29. The molecule has 0 saturated carbocycles. The second kappa shape index (κ2) is 5.53. The number of hydrogen-bond acceptors (Lipinski definition) is 6. The summed E-state index contributed by atoms with van der Waals surface area (Å²) in [7, 11) is 1.30. The Kier molecular flexibility index (Phi) is 3.57. The number of rotatable bonds is 3. The van der Waals surface area contributed by atoms with Gasteiger partial charge in [-0.2, -0.15) is 0 Å². The van der Waals surface area contributed by atoms with Gasteiger partial charge >= 0.3 is 5.97 Å². The summed E-state index contributed by atoms with van der Waals surface area (Å²) < 4.78 is 10.2. The summed E-state index contributed by atoms with van der Waals surface area (Å²) in [5.74, 6) is -0.0264. The topological polar surface area (TPSA) is 77.5 Å². The average Bonchev–Trinajstić information content (AvgIpc) is 3.12. The Balaban J connectivity index is 1.65. The first-order chi connectivity index (χ1) is 10.2. The Morgan fingerprint density at radius 2 is 2.24 bits per heavy atom. The van der Waals surface area contributed by atoms with E-state index in [-0.39, 0.29) is 5.91 Å². The van der Waals surface area contributed by atoms with Crippen LogP contribution in [0.25, 0.3) is 0 Å². The van der Waals surface area contributed by atoms with Crippen molar-refractivity contribution in [1.29, 1.82) is 0 Å². The van der Waals surface area contributed by atoms with E-state index in [1.807, 2.05) is 24.3 Å². The van der Waals surface area contributed by atoms with Crippen LogP contribution in [0.15, 0.2) is 30.5 Å². The molecule has 0 fully saturated rings. The lowest BCUT2D eigenvalue weighted by Gasteiger charge is -2.09. The third-order valence-electron chi connectivity index (χ3n) is 3.06. The van der Waals surface area contributed by atoms with Crippen LogP contribution in [0.3, 0.4) is 0 Å². The average molecular weight is 304 g/mol. The summed E-state index contributed by atoms with van der Waals surface area (Å²) in [5, 5.41) is 3.00. The Morgan fingerprint density at radius 1 is 1.43 bits per heavy atom. The van der Waals surface area contributed by atoms with Crippen molar-refractivity contribution in [3.05, 3.63) is 40.9 Å². The van der Waals surface area contributed by atoms with Crippen molar-refractivity contribution in [2.24, 2.45) is 0 Å². The van der Waals surface area contributed by atoms with Crippen molar-refractivity contribution >= 4 is 28.3 Å². The molecule has 1 atom stereocenters. The number of carbonyl (C=O) groups excluding carboxylic acids is 2. The van der Waals surface area contributed by atoms with Crippen LogP contribution in [0.5, 0.6) is 5.75 Å².